The van der Waals surface area contributed by atoms with Crippen molar-refractivity contribution in [2.24, 2.45) is 0 Å². The van der Waals surface area contributed by atoms with Gasteiger partial charge in [0.25, 0.3) is 0 Å². The minimum Gasteiger partial charge on any atom is -0.382 e. The maximum Gasteiger partial charge on any atom is 0.0860 e. The van der Waals surface area contributed by atoms with Crippen molar-refractivity contribution in [3.8, 4) is 0 Å². The quantitative estimate of drug-likeness (QED) is 0.737. The Bertz CT molecular complexity index is 335. The maximum absolute atomic E-state index is 5.50. The molecular weight excluding hydrogens is 174 g/mol. The van der Waals surface area contributed by atoms with Gasteiger partial charge in [-0.1, -0.05) is 17.7 Å². The first kappa shape index (κ1) is 9.53. The standard InChI is InChI=1S/C12H17NO/c1-8-4-5-11-10(6-8)12(14-3)7-9(2)13-11/h4-6,9,12-13H,7H2,1-3H3/t9-,12+/m0/s1. The molecule has 0 unspecified atom stereocenters. The molecule has 1 aliphatic rings. The minimum absolute atomic E-state index is 0.251. The van der Waals surface area contributed by atoms with E-state index in [-0.39, 0.29) is 6.10 Å². The SMILES string of the molecule is CO[C@@H]1C[C@H](C)Nc2ccc(C)cc21. The third kappa shape index (κ3) is 1.62. The zero-order valence-electron chi connectivity index (χ0n) is 9.00. The second-order valence-electron chi connectivity index (χ2n) is 4.10. The third-order valence-electron chi connectivity index (χ3n) is 2.81. The highest BCUT2D eigenvalue weighted by Crippen LogP contribution is 2.34. The molecule has 0 saturated carbocycles. The van der Waals surface area contributed by atoms with Gasteiger partial charge in [0.1, 0.15) is 0 Å². The molecule has 1 heterocycles. The molecule has 1 aromatic rings. The highest BCUT2D eigenvalue weighted by atomic mass is 16.5. The van der Waals surface area contributed by atoms with E-state index >= 15 is 0 Å². The molecule has 2 atom stereocenters. The van der Waals surface area contributed by atoms with Gasteiger partial charge >= 0.3 is 0 Å². The Kier molecular flexibility index (Phi) is 2.46. The molecule has 1 N–H and O–H groups in total. The Morgan fingerprint density at radius 3 is 2.93 bits per heavy atom. The first-order chi connectivity index (χ1) is 6.70. The van der Waals surface area contributed by atoms with Gasteiger partial charge in [0.2, 0.25) is 0 Å². The number of methoxy groups -OCH3 is 1. The average Bonchev–Trinajstić information content (AvgIpc) is 2.17. The number of ether oxygens (including phenoxy) is 1. The van der Waals surface area contributed by atoms with Crippen LogP contribution in [0.5, 0.6) is 0 Å². The number of hydrogen-bond acceptors (Lipinski definition) is 2. The van der Waals surface area contributed by atoms with Crippen molar-refractivity contribution < 1.29 is 4.74 Å². The summed E-state index contributed by atoms with van der Waals surface area (Å²) in [6, 6.07) is 6.99. The van der Waals surface area contributed by atoms with Crippen molar-refractivity contribution in [1.29, 1.82) is 0 Å². The first-order valence-corrected chi connectivity index (χ1v) is 5.10. The lowest BCUT2D eigenvalue weighted by atomic mass is 9.94. The molecule has 0 aliphatic carbocycles. The van der Waals surface area contributed by atoms with Crippen LogP contribution in [0.2, 0.25) is 0 Å². The average molecular weight is 191 g/mol. The van der Waals surface area contributed by atoms with Gasteiger partial charge < -0.3 is 10.1 Å². The van der Waals surface area contributed by atoms with Gasteiger partial charge in [0, 0.05) is 24.4 Å². The fourth-order valence-electron chi connectivity index (χ4n) is 2.08. The topological polar surface area (TPSA) is 21.3 Å². The van der Waals surface area contributed by atoms with Crippen molar-refractivity contribution >= 4 is 5.69 Å². The summed E-state index contributed by atoms with van der Waals surface area (Å²) in [6.07, 6.45) is 1.30. The van der Waals surface area contributed by atoms with E-state index in [1.54, 1.807) is 7.11 Å². The van der Waals surface area contributed by atoms with E-state index < -0.39 is 0 Å². The summed E-state index contributed by atoms with van der Waals surface area (Å²) in [7, 11) is 1.79. The van der Waals surface area contributed by atoms with Gasteiger partial charge in [-0.15, -0.1) is 0 Å². The minimum atomic E-state index is 0.251. The zero-order chi connectivity index (χ0) is 10.1. The Morgan fingerprint density at radius 2 is 2.21 bits per heavy atom. The van der Waals surface area contributed by atoms with Gasteiger partial charge in [-0.3, -0.25) is 0 Å². The largest absolute Gasteiger partial charge is 0.382 e. The summed E-state index contributed by atoms with van der Waals surface area (Å²) in [4.78, 5) is 0. The lowest BCUT2D eigenvalue weighted by Crippen LogP contribution is -2.26. The smallest absolute Gasteiger partial charge is 0.0860 e. The number of nitrogens with one attached hydrogen (secondary N) is 1. The van der Waals surface area contributed by atoms with Crippen LogP contribution in [-0.2, 0) is 4.74 Å². The van der Waals surface area contributed by atoms with Crippen molar-refractivity contribution in [3.63, 3.8) is 0 Å². The highest BCUT2D eigenvalue weighted by Gasteiger charge is 2.23. The van der Waals surface area contributed by atoms with Crippen molar-refractivity contribution in [3.05, 3.63) is 29.3 Å². The molecule has 1 aliphatic heterocycles. The molecule has 14 heavy (non-hydrogen) atoms. The Morgan fingerprint density at radius 1 is 1.43 bits per heavy atom. The fourth-order valence-corrected chi connectivity index (χ4v) is 2.08. The summed E-state index contributed by atoms with van der Waals surface area (Å²) >= 11 is 0. The number of fused-ring (bicyclic) bond motifs is 1. The second kappa shape index (κ2) is 3.62. The normalized spacial score (nSPS) is 25.4. The lowest BCUT2D eigenvalue weighted by Gasteiger charge is -2.30. The van der Waals surface area contributed by atoms with Crippen LogP contribution in [0.1, 0.15) is 30.6 Å². The maximum atomic E-state index is 5.50. The molecule has 0 spiro atoms. The van der Waals surface area contributed by atoms with Gasteiger partial charge in [-0.25, -0.2) is 0 Å². The molecule has 0 radical (unpaired) electrons. The summed E-state index contributed by atoms with van der Waals surface area (Å²) in [6.45, 7) is 4.31. The summed E-state index contributed by atoms with van der Waals surface area (Å²) in [5.74, 6) is 0. The van der Waals surface area contributed by atoms with Gasteiger partial charge in [0.05, 0.1) is 6.10 Å². The van der Waals surface area contributed by atoms with E-state index in [4.69, 9.17) is 4.74 Å². The van der Waals surface area contributed by atoms with E-state index in [1.807, 2.05) is 0 Å². The van der Waals surface area contributed by atoms with Crippen LogP contribution >= 0.6 is 0 Å². The highest BCUT2D eigenvalue weighted by molar-refractivity contribution is 5.56. The summed E-state index contributed by atoms with van der Waals surface area (Å²) < 4.78 is 5.50. The predicted octanol–water partition coefficient (Wildman–Crippen LogP) is 2.89. The van der Waals surface area contributed by atoms with Crippen molar-refractivity contribution in [1.82, 2.24) is 0 Å². The Labute approximate surface area is 85.3 Å². The van der Waals surface area contributed by atoms with Gasteiger partial charge in [-0.05, 0) is 26.3 Å². The number of anilines is 1. The van der Waals surface area contributed by atoms with E-state index in [0.29, 0.717) is 6.04 Å². The molecule has 0 saturated heterocycles. The van der Waals surface area contributed by atoms with Gasteiger partial charge in [-0.2, -0.15) is 0 Å². The van der Waals surface area contributed by atoms with Crippen LogP contribution in [0.3, 0.4) is 0 Å². The van der Waals surface area contributed by atoms with Crippen molar-refractivity contribution in [2.75, 3.05) is 12.4 Å². The van der Waals surface area contributed by atoms with E-state index in [1.165, 1.54) is 16.8 Å². The van der Waals surface area contributed by atoms with Gasteiger partial charge in [0.15, 0.2) is 0 Å². The predicted molar refractivity (Wildman–Crippen MR) is 58.6 cm³/mol. The molecule has 2 nitrogen and oxygen atoms in total. The molecular formula is C12H17NO. The van der Waals surface area contributed by atoms with Crippen LogP contribution < -0.4 is 5.32 Å². The molecule has 0 bridgehead atoms. The molecule has 0 fully saturated rings. The van der Waals surface area contributed by atoms with Crippen LogP contribution in [0.15, 0.2) is 18.2 Å². The Balaban J connectivity index is 2.41. The number of hydrogen-bond donors (Lipinski definition) is 1. The summed E-state index contributed by atoms with van der Waals surface area (Å²) in [5, 5.41) is 3.47. The fraction of sp³-hybridized carbons (Fsp3) is 0.500. The van der Waals surface area contributed by atoms with Crippen LogP contribution in [-0.4, -0.2) is 13.2 Å². The zero-order valence-corrected chi connectivity index (χ0v) is 9.00. The van der Waals surface area contributed by atoms with E-state index in [2.05, 4.69) is 37.4 Å². The molecule has 76 valence electrons. The number of rotatable bonds is 1. The Hall–Kier alpha value is -1.02. The molecule has 0 aromatic heterocycles. The lowest BCUT2D eigenvalue weighted by molar-refractivity contribution is 0.0894. The van der Waals surface area contributed by atoms with E-state index in [9.17, 15) is 0 Å². The molecule has 2 rings (SSSR count). The number of benzene rings is 1. The van der Waals surface area contributed by atoms with Crippen LogP contribution in [0.4, 0.5) is 5.69 Å². The summed E-state index contributed by atoms with van der Waals surface area (Å²) in [5.41, 5.74) is 3.81. The van der Waals surface area contributed by atoms with Crippen LogP contribution in [0, 0.1) is 6.92 Å². The second-order valence-corrected chi connectivity index (χ2v) is 4.10. The van der Waals surface area contributed by atoms with E-state index in [0.717, 1.165) is 6.42 Å². The van der Waals surface area contributed by atoms with Crippen LogP contribution in [0.25, 0.3) is 0 Å². The third-order valence-corrected chi connectivity index (χ3v) is 2.81. The monoisotopic (exact) mass is 191 g/mol. The van der Waals surface area contributed by atoms with Crippen molar-refractivity contribution in [2.45, 2.75) is 32.4 Å². The molecule has 2 heteroatoms. The first-order valence-electron chi connectivity index (χ1n) is 5.10. The molecule has 1 aromatic carbocycles. The number of aryl methyl sites for hydroxylation is 1. The molecule has 0 amide bonds.